The number of rotatable bonds is 2. The van der Waals surface area contributed by atoms with Gasteiger partial charge in [-0.15, -0.1) is 0 Å². The van der Waals surface area contributed by atoms with E-state index in [0.717, 1.165) is 0 Å². The van der Waals surface area contributed by atoms with Gasteiger partial charge in [0, 0.05) is 12.4 Å². The van der Waals surface area contributed by atoms with E-state index in [0.29, 0.717) is 0 Å². The molecule has 0 atom stereocenters. The van der Waals surface area contributed by atoms with Crippen LogP contribution in [0.4, 0.5) is 13.2 Å². The highest BCUT2D eigenvalue weighted by Crippen LogP contribution is 2.13. The molecule has 1 heterocycles. The second-order valence-electron chi connectivity index (χ2n) is 2.21. The average molecular weight is 193 g/mol. The van der Waals surface area contributed by atoms with Crippen molar-refractivity contribution >= 4 is 5.91 Å². The molecule has 1 rings (SSSR count). The van der Waals surface area contributed by atoms with Crippen molar-refractivity contribution in [1.29, 1.82) is 0 Å². The molecule has 0 unspecified atom stereocenters. The van der Waals surface area contributed by atoms with Crippen LogP contribution in [0.3, 0.4) is 0 Å². The zero-order valence-electron chi connectivity index (χ0n) is 6.38. The first kappa shape index (κ1) is 9.56. The predicted octanol–water partition coefficient (Wildman–Crippen LogP) is 0.519. The Hall–Kier alpha value is -1.53. The number of aromatic nitrogens is 2. The van der Waals surface area contributed by atoms with Crippen LogP contribution in [0.15, 0.2) is 18.5 Å². The standard InChI is InChI=1S/C6H6F3N3O/c7-6(8,9)5(13)10-4-12-3-1-2-11-12/h1-3H,4H2,(H,10,13). The number of nitrogens with zero attached hydrogens (tertiary/aromatic N) is 2. The molecular weight excluding hydrogens is 187 g/mol. The van der Waals surface area contributed by atoms with E-state index >= 15 is 0 Å². The Bertz CT molecular complexity index is 280. The number of alkyl halides is 3. The monoisotopic (exact) mass is 193 g/mol. The fourth-order valence-corrected chi connectivity index (χ4v) is 0.647. The maximum atomic E-state index is 11.6. The van der Waals surface area contributed by atoms with Crippen LogP contribution in [0, 0.1) is 0 Å². The minimum absolute atomic E-state index is 0.286. The molecule has 0 radical (unpaired) electrons. The SMILES string of the molecule is O=C(NCn1cccn1)C(F)(F)F. The fourth-order valence-electron chi connectivity index (χ4n) is 0.647. The van der Waals surface area contributed by atoms with Crippen LogP contribution in [0.1, 0.15) is 0 Å². The van der Waals surface area contributed by atoms with Crippen LogP contribution >= 0.6 is 0 Å². The Morgan fingerprint density at radius 3 is 2.69 bits per heavy atom. The second kappa shape index (κ2) is 3.46. The van der Waals surface area contributed by atoms with Crippen molar-refractivity contribution in [3.8, 4) is 0 Å². The molecule has 0 bridgehead atoms. The summed E-state index contributed by atoms with van der Waals surface area (Å²) in [6, 6.07) is 1.54. The van der Waals surface area contributed by atoms with Crippen LogP contribution < -0.4 is 5.32 Å². The van der Waals surface area contributed by atoms with E-state index in [4.69, 9.17) is 0 Å². The summed E-state index contributed by atoms with van der Waals surface area (Å²) in [5, 5.41) is 5.27. The molecular formula is C6H6F3N3O. The van der Waals surface area contributed by atoms with E-state index in [1.165, 1.54) is 17.1 Å². The number of halogens is 3. The number of nitrogens with one attached hydrogen (secondary N) is 1. The van der Waals surface area contributed by atoms with E-state index in [-0.39, 0.29) is 6.67 Å². The smallest absolute Gasteiger partial charge is 0.329 e. The van der Waals surface area contributed by atoms with Gasteiger partial charge in [-0.1, -0.05) is 0 Å². The molecule has 0 aliphatic carbocycles. The Morgan fingerprint density at radius 2 is 2.23 bits per heavy atom. The number of carbonyl (C=O) groups is 1. The molecule has 1 amide bonds. The van der Waals surface area contributed by atoms with Gasteiger partial charge in [0.2, 0.25) is 0 Å². The number of carbonyl (C=O) groups excluding carboxylic acids is 1. The van der Waals surface area contributed by atoms with E-state index in [1.54, 1.807) is 11.4 Å². The molecule has 1 aromatic heterocycles. The Labute approximate surface area is 71.3 Å². The predicted molar refractivity (Wildman–Crippen MR) is 36.4 cm³/mol. The lowest BCUT2D eigenvalue weighted by molar-refractivity contribution is -0.174. The first-order valence-electron chi connectivity index (χ1n) is 3.32. The molecule has 72 valence electrons. The molecule has 0 aromatic carbocycles. The third-order valence-corrected chi connectivity index (χ3v) is 1.22. The van der Waals surface area contributed by atoms with Crippen molar-refractivity contribution < 1.29 is 18.0 Å². The van der Waals surface area contributed by atoms with Gasteiger partial charge in [-0.25, -0.2) is 0 Å². The lowest BCUT2D eigenvalue weighted by Crippen LogP contribution is -2.37. The van der Waals surface area contributed by atoms with Gasteiger partial charge in [-0.2, -0.15) is 18.3 Å². The Balaban J connectivity index is 2.40. The van der Waals surface area contributed by atoms with E-state index in [9.17, 15) is 18.0 Å². The van der Waals surface area contributed by atoms with E-state index in [2.05, 4.69) is 5.10 Å². The number of amides is 1. The topological polar surface area (TPSA) is 46.9 Å². The minimum Gasteiger partial charge on any atom is -0.329 e. The van der Waals surface area contributed by atoms with Gasteiger partial charge in [0.05, 0.1) is 0 Å². The number of hydrogen-bond acceptors (Lipinski definition) is 2. The highest BCUT2D eigenvalue weighted by Gasteiger charge is 2.38. The summed E-state index contributed by atoms with van der Waals surface area (Å²) in [7, 11) is 0. The molecule has 0 fully saturated rings. The lowest BCUT2D eigenvalue weighted by atomic mass is 10.6. The third-order valence-electron chi connectivity index (χ3n) is 1.22. The highest BCUT2D eigenvalue weighted by atomic mass is 19.4. The molecule has 1 aromatic rings. The molecule has 0 spiro atoms. The van der Waals surface area contributed by atoms with Crippen molar-refractivity contribution in [1.82, 2.24) is 15.1 Å². The highest BCUT2D eigenvalue weighted by molar-refractivity contribution is 5.81. The molecule has 0 aliphatic rings. The quantitative estimate of drug-likeness (QED) is 0.744. The summed E-state index contributed by atoms with van der Waals surface area (Å²) in [6.45, 7) is -0.286. The summed E-state index contributed by atoms with van der Waals surface area (Å²) >= 11 is 0. The summed E-state index contributed by atoms with van der Waals surface area (Å²) in [6.07, 6.45) is -2.00. The summed E-state index contributed by atoms with van der Waals surface area (Å²) in [5.74, 6) is -1.97. The zero-order valence-corrected chi connectivity index (χ0v) is 6.38. The summed E-state index contributed by atoms with van der Waals surface area (Å²) in [4.78, 5) is 10.3. The van der Waals surface area contributed by atoms with Crippen LogP contribution in [0.25, 0.3) is 0 Å². The van der Waals surface area contributed by atoms with Gasteiger partial charge in [-0.05, 0) is 6.07 Å². The maximum Gasteiger partial charge on any atom is 0.471 e. The van der Waals surface area contributed by atoms with Crippen molar-refractivity contribution in [3.05, 3.63) is 18.5 Å². The fraction of sp³-hybridized carbons (Fsp3) is 0.333. The van der Waals surface area contributed by atoms with Gasteiger partial charge in [-0.3, -0.25) is 9.48 Å². The maximum absolute atomic E-state index is 11.6. The zero-order chi connectivity index (χ0) is 9.90. The van der Waals surface area contributed by atoms with Gasteiger partial charge < -0.3 is 5.32 Å². The molecule has 0 aliphatic heterocycles. The Kier molecular flexibility index (Phi) is 2.54. The van der Waals surface area contributed by atoms with Crippen LogP contribution in [-0.2, 0) is 11.5 Å². The largest absolute Gasteiger partial charge is 0.471 e. The molecule has 7 heteroatoms. The molecule has 0 saturated carbocycles. The van der Waals surface area contributed by atoms with Crippen molar-refractivity contribution in [2.45, 2.75) is 12.8 Å². The van der Waals surface area contributed by atoms with Crippen LogP contribution in [0.5, 0.6) is 0 Å². The van der Waals surface area contributed by atoms with Gasteiger partial charge in [0.1, 0.15) is 6.67 Å². The minimum atomic E-state index is -4.84. The van der Waals surface area contributed by atoms with Gasteiger partial charge >= 0.3 is 12.1 Å². The second-order valence-corrected chi connectivity index (χ2v) is 2.21. The first-order chi connectivity index (χ1) is 6.00. The van der Waals surface area contributed by atoms with E-state index < -0.39 is 12.1 Å². The van der Waals surface area contributed by atoms with E-state index in [1.807, 2.05) is 0 Å². The first-order valence-corrected chi connectivity index (χ1v) is 3.32. The van der Waals surface area contributed by atoms with Crippen molar-refractivity contribution in [3.63, 3.8) is 0 Å². The lowest BCUT2D eigenvalue weighted by Gasteiger charge is -2.07. The Morgan fingerprint density at radius 1 is 1.54 bits per heavy atom. The van der Waals surface area contributed by atoms with Gasteiger partial charge in [0.25, 0.3) is 0 Å². The molecule has 4 nitrogen and oxygen atoms in total. The van der Waals surface area contributed by atoms with Crippen LogP contribution in [0.2, 0.25) is 0 Å². The van der Waals surface area contributed by atoms with Gasteiger partial charge in [0.15, 0.2) is 0 Å². The molecule has 0 saturated heterocycles. The molecule has 13 heavy (non-hydrogen) atoms. The normalized spacial score (nSPS) is 11.3. The summed E-state index contributed by atoms with van der Waals surface area (Å²) < 4.78 is 36.1. The van der Waals surface area contributed by atoms with Crippen LogP contribution in [-0.4, -0.2) is 21.9 Å². The van der Waals surface area contributed by atoms with Crippen molar-refractivity contribution in [2.24, 2.45) is 0 Å². The number of hydrogen-bond donors (Lipinski definition) is 1. The molecule has 1 N–H and O–H groups in total. The third kappa shape index (κ3) is 2.77. The summed E-state index contributed by atoms with van der Waals surface area (Å²) in [5.41, 5.74) is 0. The average Bonchev–Trinajstić information content (AvgIpc) is 2.50. The van der Waals surface area contributed by atoms with Crippen molar-refractivity contribution in [2.75, 3.05) is 0 Å².